The molecule has 45 heavy (non-hydrogen) atoms. The standard InChI is InChI=1S/C29H47FN5O9P/c1-4-28(26(38)29(30,18-41-28)35-16-15-23(31)32-27(35)39)17-42-45(40,33-19(2)24(36)43-21-11-7-5-8-12-21)34-20(3)25(37)44-22-13-9-6-10-14-22/h15-16,19-22,26,38H,4-14,17-18H2,1-3H3,(H2,31,32,39)(H2,33,34,40)/t19?,20?,26-,28-,29+,45?/m1/s1. The van der Waals surface area contributed by atoms with Crippen molar-refractivity contribution in [3.63, 3.8) is 0 Å². The Kier molecular flexibility index (Phi) is 11.8. The lowest BCUT2D eigenvalue weighted by Gasteiger charge is -2.35. The predicted molar refractivity (Wildman–Crippen MR) is 162 cm³/mol. The second kappa shape index (κ2) is 15.0. The SMILES string of the molecule is CC[C@]1(COP(=O)(NC(C)C(=O)OC2CCCCC2)NC(C)C(=O)OC2CCCCC2)OC[C@](F)(n2ccc(N)nc2=O)[C@@H]1O. The highest BCUT2D eigenvalue weighted by atomic mass is 31.2. The van der Waals surface area contributed by atoms with Crippen molar-refractivity contribution in [2.45, 2.75) is 133 Å². The predicted octanol–water partition coefficient (Wildman–Crippen LogP) is 2.82. The van der Waals surface area contributed by atoms with Gasteiger partial charge in [-0.3, -0.25) is 18.7 Å². The number of nitrogens with two attached hydrogens (primary N) is 1. The van der Waals surface area contributed by atoms with Gasteiger partial charge in [-0.15, -0.1) is 0 Å². The van der Waals surface area contributed by atoms with Crippen molar-refractivity contribution in [3.8, 4) is 0 Å². The zero-order valence-electron chi connectivity index (χ0n) is 26.2. The molecule has 5 atom stereocenters. The molecule has 0 amide bonds. The number of hydrogen-bond acceptors (Lipinski definition) is 11. The second-order valence-electron chi connectivity index (χ2n) is 12.4. The average Bonchev–Trinajstić information content (AvgIpc) is 3.27. The van der Waals surface area contributed by atoms with Gasteiger partial charge in [0.2, 0.25) is 5.79 Å². The third-order valence-electron chi connectivity index (χ3n) is 8.90. The molecule has 5 N–H and O–H groups in total. The summed E-state index contributed by atoms with van der Waals surface area (Å²) in [7, 11) is -4.32. The molecule has 1 saturated heterocycles. The number of aromatic nitrogens is 2. The normalized spacial score (nSPS) is 29.0. The second-order valence-corrected chi connectivity index (χ2v) is 14.2. The van der Waals surface area contributed by atoms with Crippen molar-refractivity contribution >= 4 is 25.4 Å². The molecule has 1 aromatic rings. The summed E-state index contributed by atoms with van der Waals surface area (Å²) in [6, 6.07) is -1.04. The van der Waals surface area contributed by atoms with E-state index in [-0.39, 0.29) is 24.4 Å². The summed E-state index contributed by atoms with van der Waals surface area (Å²) in [5, 5.41) is 16.5. The maximum Gasteiger partial charge on any atom is 0.352 e. The summed E-state index contributed by atoms with van der Waals surface area (Å²) in [5.41, 5.74) is 2.73. The van der Waals surface area contributed by atoms with E-state index in [1.54, 1.807) is 6.92 Å². The van der Waals surface area contributed by atoms with E-state index < -0.39 is 68.1 Å². The molecule has 254 valence electrons. The molecule has 1 aromatic heterocycles. The lowest BCUT2D eigenvalue weighted by atomic mass is 9.91. The van der Waals surface area contributed by atoms with Gasteiger partial charge in [-0.05, 0) is 77.7 Å². The van der Waals surface area contributed by atoms with Crippen LogP contribution in [0.1, 0.15) is 91.4 Å². The minimum atomic E-state index is -4.32. The van der Waals surface area contributed by atoms with Crippen LogP contribution in [0, 0.1) is 0 Å². The van der Waals surface area contributed by atoms with Crippen LogP contribution < -0.4 is 21.6 Å². The van der Waals surface area contributed by atoms with E-state index in [0.29, 0.717) is 4.57 Å². The quantitative estimate of drug-likeness (QED) is 0.179. The Morgan fingerprint density at radius 1 is 1.09 bits per heavy atom. The summed E-state index contributed by atoms with van der Waals surface area (Å²) < 4.78 is 53.9. The molecule has 0 bridgehead atoms. The summed E-state index contributed by atoms with van der Waals surface area (Å²) in [4.78, 5) is 41.9. The number of hydrogen-bond donors (Lipinski definition) is 4. The molecule has 2 aliphatic carbocycles. The molecule has 4 rings (SSSR count). The Bertz CT molecular complexity index is 1250. The lowest BCUT2D eigenvalue weighted by Crippen LogP contribution is -2.54. The van der Waals surface area contributed by atoms with Crippen LogP contribution in [-0.4, -0.2) is 75.8 Å². The van der Waals surface area contributed by atoms with E-state index in [2.05, 4.69) is 15.2 Å². The number of nitrogens with zero attached hydrogens (tertiary/aromatic N) is 2. The van der Waals surface area contributed by atoms with Gasteiger partial charge in [0, 0.05) is 6.20 Å². The van der Waals surface area contributed by atoms with Gasteiger partial charge < -0.3 is 29.6 Å². The Labute approximate surface area is 262 Å². The molecular weight excluding hydrogens is 612 g/mol. The highest BCUT2D eigenvalue weighted by Gasteiger charge is 2.60. The molecule has 2 saturated carbocycles. The first-order chi connectivity index (χ1) is 21.3. The van der Waals surface area contributed by atoms with Crippen LogP contribution in [0.2, 0.25) is 0 Å². The van der Waals surface area contributed by atoms with E-state index in [9.17, 15) is 24.1 Å². The zero-order chi connectivity index (χ0) is 32.8. The first-order valence-electron chi connectivity index (χ1n) is 15.9. The smallest absolute Gasteiger partial charge is 0.352 e. The summed E-state index contributed by atoms with van der Waals surface area (Å²) in [6.45, 7) is 3.13. The van der Waals surface area contributed by atoms with Gasteiger partial charge in [0.1, 0.15) is 48.4 Å². The number of aliphatic hydroxyl groups excluding tert-OH is 1. The summed E-state index contributed by atoms with van der Waals surface area (Å²) in [5.74, 6) is -4.16. The molecule has 1 aliphatic heterocycles. The number of nitrogens with one attached hydrogen (secondary N) is 2. The molecule has 2 unspecified atom stereocenters. The van der Waals surface area contributed by atoms with E-state index in [4.69, 9.17) is 24.5 Å². The van der Waals surface area contributed by atoms with Gasteiger partial charge in [0.25, 0.3) is 0 Å². The number of esters is 2. The van der Waals surface area contributed by atoms with Crippen molar-refractivity contribution in [2.24, 2.45) is 0 Å². The van der Waals surface area contributed by atoms with Gasteiger partial charge in [-0.25, -0.2) is 19.4 Å². The number of nitrogen functional groups attached to an aromatic ring is 1. The highest BCUT2D eigenvalue weighted by Crippen LogP contribution is 2.46. The monoisotopic (exact) mass is 659 g/mol. The number of carbonyl (C=O) groups is 2. The Hall–Kier alpha value is -2.42. The maximum absolute atomic E-state index is 16.2. The average molecular weight is 660 g/mol. The van der Waals surface area contributed by atoms with Crippen LogP contribution >= 0.6 is 7.67 Å². The van der Waals surface area contributed by atoms with E-state index in [0.717, 1.165) is 70.4 Å². The fourth-order valence-corrected chi connectivity index (χ4v) is 7.90. The van der Waals surface area contributed by atoms with Crippen LogP contribution in [0.4, 0.5) is 10.2 Å². The lowest BCUT2D eigenvalue weighted by molar-refractivity contribution is -0.152. The molecule has 0 radical (unpaired) electrons. The maximum atomic E-state index is 16.2. The largest absolute Gasteiger partial charge is 0.461 e. The van der Waals surface area contributed by atoms with Gasteiger partial charge >= 0.3 is 25.3 Å². The number of aliphatic hydroxyl groups is 1. The third kappa shape index (κ3) is 8.49. The Balaban J connectivity index is 1.51. The summed E-state index contributed by atoms with van der Waals surface area (Å²) >= 11 is 0. The van der Waals surface area contributed by atoms with Crippen LogP contribution in [0.25, 0.3) is 0 Å². The van der Waals surface area contributed by atoms with Crippen LogP contribution in [0.15, 0.2) is 17.1 Å². The van der Waals surface area contributed by atoms with Crippen molar-refractivity contribution < 1.29 is 42.4 Å². The fourth-order valence-electron chi connectivity index (χ4n) is 6.05. The van der Waals surface area contributed by atoms with Crippen molar-refractivity contribution in [1.82, 2.24) is 19.7 Å². The topological polar surface area (TPSA) is 193 Å². The van der Waals surface area contributed by atoms with E-state index in [1.807, 2.05) is 0 Å². The van der Waals surface area contributed by atoms with Gasteiger partial charge in [0.15, 0.2) is 0 Å². The minimum absolute atomic E-state index is 0.0183. The zero-order valence-corrected chi connectivity index (χ0v) is 27.1. The van der Waals surface area contributed by atoms with E-state index >= 15 is 4.39 Å². The Morgan fingerprint density at radius 2 is 1.60 bits per heavy atom. The number of rotatable bonds is 13. The molecule has 0 spiro atoms. The number of halogens is 1. The number of ether oxygens (including phenoxy) is 3. The number of alkyl halides is 1. The van der Waals surface area contributed by atoms with Gasteiger partial charge in [-0.1, -0.05) is 19.8 Å². The molecule has 3 fully saturated rings. The summed E-state index contributed by atoms with van der Waals surface area (Å²) in [6.07, 6.45) is 7.45. The van der Waals surface area contributed by atoms with Gasteiger partial charge in [-0.2, -0.15) is 4.98 Å². The van der Waals surface area contributed by atoms with Crippen LogP contribution in [0.5, 0.6) is 0 Å². The molecule has 14 nitrogen and oxygen atoms in total. The van der Waals surface area contributed by atoms with Crippen molar-refractivity contribution in [2.75, 3.05) is 18.9 Å². The molecule has 16 heteroatoms. The third-order valence-corrected chi connectivity index (χ3v) is 10.8. The number of anilines is 1. The van der Waals surface area contributed by atoms with Crippen LogP contribution in [0.3, 0.4) is 0 Å². The minimum Gasteiger partial charge on any atom is -0.461 e. The van der Waals surface area contributed by atoms with Crippen molar-refractivity contribution in [3.05, 3.63) is 22.7 Å². The van der Waals surface area contributed by atoms with E-state index in [1.165, 1.54) is 19.9 Å². The van der Waals surface area contributed by atoms with Gasteiger partial charge in [0.05, 0.1) is 6.61 Å². The molecule has 0 aromatic carbocycles. The van der Waals surface area contributed by atoms with Crippen LogP contribution in [-0.2, 0) is 38.7 Å². The Morgan fingerprint density at radius 3 is 2.07 bits per heavy atom. The van der Waals surface area contributed by atoms with Crippen molar-refractivity contribution in [1.29, 1.82) is 0 Å². The molecule has 3 aliphatic rings. The number of carbonyl (C=O) groups excluding carboxylic acids is 2. The highest BCUT2D eigenvalue weighted by molar-refractivity contribution is 7.54. The molecule has 2 heterocycles. The first kappa shape index (κ1) is 35.4. The first-order valence-corrected chi connectivity index (χ1v) is 17.5. The fraction of sp³-hybridized carbons (Fsp3) is 0.793. The molecular formula is C29H47FN5O9P.